The van der Waals surface area contributed by atoms with Crippen LogP contribution in [-0.2, 0) is 16.1 Å². The maximum atomic E-state index is 12.5. The number of ether oxygens (including phenoxy) is 1. The van der Waals surface area contributed by atoms with E-state index in [1.807, 2.05) is 0 Å². The Kier molecular flexibility index (Phi) is 7.18. The van der Waals surface area contributed by atoms with E-state index in [0.717, 1.165) is 17.8 Å². The lowest BCUT2D eigenvalue weighted by atomic mass is 9.78. The summed E-state index contributed by atoms with van der Waals surface area (Å²) in [7, 11) is 1.57. The molecule has 0 unspecified atom stereocenters. The number of nitrogens with one attached hydrogen (secondary N) is 2. The summed E-state index contributed by atoms with van der Waals surface area (Å²) in [4.78, 5) is 12.5. The molecule has 0 spiro atoms. The molecule has 1 saturated heterocycles. The Labute approximate surface area is 134 Å². The highest BCUT2D eigenvalue weighted by Crippen LogP contribution is 2.30. The third-order valence-electron chi connectivity index (χ3n) is 3.68. The molecule has 1 aromatic rings. The summed E-state index contributed by atoms with van der Waals surface area (Å²) < 4.78 is 30.9. The molecule has 0 atom stereocenters. The Balaban J connectivity index is 0.00000242. The fourth-order valence-corrected chi connectivity index (χ4v) is 2.55. The summed E-state index contributed by atoms with van der Waals surface area (Å²) in [6.45, 7) is 1.36. The van der Waals surface area contributed by atoms with Crippen molar-refractivity contribution < 1.29 is 18.3 Å². The van der Waals surface area contributed by atoms with Gasteiger partial charge in [-0.25, -0.2) is 8.78 Å². The van der Waals surface area contributed by atoms with E-state index in [2.05, 4.69) is 15.7 Å². The fraction of sp³-hybridized carbons (Fsp3) is 0.692. The Hall–Kier alpha value is -1.25. The maximum Gasteiger partial charge on any atom is 0.257 e. The average Bonchev–Trinajstić information content (AvgIpc) is 2.86. The number of nitrogens with zero attached hydrogens (tertiary/aromatic N) is 2. The molecule has 1 aromatic heterocycles. The van der Waals surface area contributed by atoms with Gasteiger partial charge in [0.05, 0.1) is 23.9 Å². The monoisotopic (exact) mass is 338 g/mol. The molecule has 0 radical (unpaired) electrons. The predicted octanol–water partition coefficient (Wildman–Crippen LogP) is 1.52. The predicted molar refractivity (Wildman–Crippen MR) is 80.5 cm³/mol. The van der Waals surface area contributed by atoms with Crippen LogP contribution < -0.4 is 10.6 Å². The number of hydrogen-bond donors (Lipinski definition) is 2. The van der Waals surface area contributed by atoms with Gasteiger partial charge in [0.2, 0.25) is 5.91 Å². The number of hydrogen-bond acceptors (Lipinski definition) is 4. The first-order valence-electron chi connectivity index (χ1n) is 6.87. The number of alkyl halides is 2. The van der Waals surface area contributed by atoms with Gasteiger partial charge in [0, 0.05) is 13.3 Å². The van der Waals surface area contributed by atoms with Crippen molar-refractivity contribution in [1.82, 2.24) is 15.1 Å². The molecule has 126 valence electrons. The number of piperidine rings is 1. The van der Waals surface area contributed by atoms with Crippen molar-refractivity contribution in [3.8, 4) is 0 Å². The van der Waals surface area contributed by atoms with Gasteiger partial charge in [-0.3, -0.25) is 9.48 Å². The molecule has 2 rings (SSSR count). The fourth-order valence-electron chi connectivity index (χ4n) is 2.55. The van der Waals surface area contributed by atoms with Gasteiger partial charge in [-0.05, 0) is 25.9 Å². The first-order valence-corrected chi connectivity index (χ1v) is 6.87. The zero-order chi connectivity index (χ0) is 15.3. The van der Waals surface area contributed by atoms with Gasteiger partial charge in [0.1, 0.15) is 6.54 Å². The average molecular weight is 339 g/mol. The van der Waals surface area contributed by atoms with E-state index in [1.165, 1.54) is 12.4 Å². The maximum absolute atomic E-state index is 12.5. The molecular formula is C13H21ClF2N4O2. The molecule has 0 aromatic carbocycles. The normalized spacial score (nSPS) is 17.1. The smallest absolute Gasteiger partial charge is 0.257 e. The number of methoxy groups -OCH3 is 1. The molecule has 2 heterocycles. The minimum absolute atomic E-state index is 0. The van der Waals surface area contributed by atoms with Gasteiger partial charge in [0.25, 0.3) is 6.43 Å². The highest BCUT2D eigenvalue weighted by atomic mass is 35.5. The number of carbonyl (C=O) groups excluding carboxylic acids is 1. The number of rotatable bonds is 6. The van der Waals surface area contributed by atoms with Crippen LogP contribution in [0.4, 0.5) is 14.5 Å². The second kappa shape index (κ2) is 8.40. The van der Waals surface area contributed by atoms with Crippen molar-refractivity contribution in [2.24, 2.45) is 5.41 Å². The van der Waals surface area contributed by atoms with Crippen molar-refractivity contribution in [3.05, 3.63) is 12.4 Å². The zero-order valence-electron chi connectivity index (χ0n) is 12.3. The topological polar surface area (TPSA) is 68.2 Å². The van der Waals surface area contributed by atoms with E-state index in [0.29, 0.717) is 25.1 Å². The highest BCUT2D eigenvalue weighted by Gasteiger charge is 2.39. The van der Waals surface area contributed by atoms with Crippen LogP contribution in [0.5, 0.6) is 0 Å². The van der Waals surface area contributed by atoms with Gasteiger partial charge in [-0.15, -0.1) is 12.4 Å². The van der Waals surface area contributed by atoms with Crippen molar-refractivity contribution in [2.75, 3.05) is 32.1 Å². The van der Waals surface area contributed by atoms with Crippen LogP contribution in [0, 0.1) is 5.41 Å². The van der Waals surface area contributed by atoms with E-state index in [-0.39, 0.29) is 18.3 Å². The first kappa shape index (κ1) is 18.8. The molecule has 22 heavy (non-hydrogen) atoms. The SMILES string of the molecule is COCC1(C(=O)Nc2cnn(CC(F)F)c2)CCNCC1.Cl. The van der Waals surface area contributed by atoms with Crippen LogP contribution in [0.25, 0.3) is 0 Å². The Morgan fingerprint density at radius 2 is 2.23 bits per heavy atom. The second-order valence-electron chi connectivity index (χ2n) is 5.26. The van der Waals surface area contributed by atoms with E-state index < -0.39 is 18.4 Å². The lowest BCUT2D eigenvalue weighted by molar-refractivity contribution is -0.130. The van der Waals surface area contributed by atoms with Crippen molar-refractivity contribution in [1.29, 1.82) is 0 Å². The second-order valence-corrected chi connectivity index (χ2v) is 5.26. The lowest BCUT2D eigenvalue weighted by Gasteiger charge is -2.35. The van der Waals surface area contributed by atoms with Crippen LogP contribution in [0.3, 0.4) is 0 Å². The molecule has 0 bridgehead atoms. The van der Waals surface area contributed by atoms with E-state index in [9.17, 15) is 13.6 Å². The molecule has 1 fully saturated rings. The summed E-state index contributed by atoms with van der Waals surface area (Å²) in [6, 6.07) is 0. The van der Waals surface area contributed by atoms with Crippen LogP contribution in [0.1, 0.15) is 12.8 Å². The summed E-state index contributed by atoms with van der Waals surface area (Å²) in [5.74, 6) is -0.151. The Bertz CT molecular complexity index is 473. The number of aromatic nitrogens is 2. The number of halogens is 3. The van der Waals surface area contributed by atoms with E-state index in [1.54, 1.807) is 7.11 Å². The molecule has 1 aliphatic rings. The van der Waals surface area contributed by atoms with Gasteiger partial charge < -0.3 is 15.4 Å². The third kappa shape index (κ3) is 4.62. The summed E-state index contributed by atoms with van der Waals surface area (Å²) in [6.07, 6.45) is 1.67. The van der Waals surface area contributed by atoms with Gasteiger partial charge in [0.15, 0.2) is 0 Å². The number of amides is 1. The number of anilines is 1. The van der Waals surface area contributed by atoms with Gasteiger partial charge >= 0.3 is 0 Å². The van der Waals surface area contributed by atoms with Crippen LogP contribution in [-0.4, -0.2) is 48.9 Å². The van der Waals surface area contributed by atoms with Gasteiger partial charge in [-0.2, -0.15) is 5.10 Å². The molecule has 9 heteroatoms. The quantitative estimate of drug-likeness (QED) is 0.825. The van der Waals surface area contributed by atoms with Crippen molar-refractivity contribution in [2.45, 2.75) is 25.8 Å². The van der Waals surface area contributed by atoms with Crippen molar-refractivity contribution >= 4 is 24.0 Å². The molecule has 2 N–H and O–H groups in total. The first-order chi connectivity index (χ1) is 10.1. The highest BCUT2D eigenvalue weighted by molar-refractivity contribution is 5.95. The minimum Gasteiger partial charge on any atom is -0.384 e. The summed E-state index contributed by atoms with van der Waals surface area (Å²) >= 11 is 0. The van der Waals surface area contributed by atoms with Crippen molar-refractivity contribution in [3.63, 3.8) is 0 Å². The molecule has 0 saturated carbocycles. The summed E-state index contributed by atoms with van der Waals surface area (Å²) in [5, 5.41) is 9.76. The van der Waals surface area contributed by atoms with Gasteiger partial charge in [-0.1, -0.05) is 0 Å². The summed E-state index contributed by atoms with van der Waals surface area (Å²) in [5.41, 5.74) is -0.153. The van der Waals surface area contributed by atoms with Crippen LogP contribution in [0.2, 0.25) is 0 Å². The minimum atomic E-state index is -2.47. The molecule has 6 nitrogen and oxygen atoms in total. The third-order valence-corrected chi connectivity index (χ3v) is 3.68. The Morgan fingerprint density at radius 1 is 1.55 bits per heavy atom. The molecule has 1 amide bonds. The standard InChI is InChI=1S/C13H20F2N4O2.ClH/c1-21-9-13(2-4-16-5-3-13)12(20)18-10-6-17-19(7-10)8-11(14)15;/h6-7,11,16H,2-5,8-9H2,1H3,(H,18,20);1H. The Morgan fingerprint density at radius 3 is 2.82 bits per heavy atom. The zero-order valence-corrected chi connectivity index (χ0v) is 13.2. The molecule has 1 aliphatic heterocycles. The molecular weight excluding hydrogens is 318 g/mol. The lowest BCUT2D eigenvalue weighted by Crippen LogP contribution is -2.47. The van der Waals surface area contributed by atoms with E-state index >= 15 is 0 Å². The largest absolute Gasteiger partial charge is 0.384 e. The molecule has 0 aliphatic carbocycles. The van der Waals surface area contributed by atoms with Crippen LogP contribution in [0.15, 0.2) is 12.4 Å². The number of carbonyl (C=O) groups is 1. The van der Waals surface area contributed by atoms with Crippen LogP contribution >= 0.6 is 12.4 Å². The van der Waals surface area contributed by atoms with E-state index in [4.69, 9.17) is 4.74 Å².